The van der Waals surface area contributed by atoms with Gasteiger partial charge < -0.3 is 0 Å². The first-order valence-corrected chi connectivity index (χ1v) is 12.1. The Kier molecular flexibility index (Phi) is 7.81. The average molecular weight is 408 g/mol. The van der Waals surface area contributed by atoms with Gasteiger partial charge in [0.1, 0.15) is 0 Å². The Morgan fingerprint density at radius 3 is 2.11 bits per heavy atom. The van der Waals surface area contributed by atoms with Gasteiger partial charge in [0, 0.05) is 6.54 Å². The van der Waals surface area contributed by atoms with E-state index in [9.17, 15) is 18.0 Å². The summed E-state index contributed by atoms with van der Waals surface area (Å²) in [5.41, 5.74) is 2.12. The lowest BCUT2D eigenvalue weighted by molar-refractivity contribution is 0.0636. The zero-order valence-electron chi connectivity index (χ0n) is 17.5. The molecular weight excluding hydrogens is 374 g/mol. The molecule has 2 amide bonds. The van der Waals surface area contributed by atoms with E-state index in [-0.39, 0.29) is 28.7 Å². The van der Waals surface area contributed by atoms with Gasteiger partial charge in [-0.2, -0.15) is 0 Å². The predicted octanol–water partition coefficient (Wildman–Crippen LogP) is 4.25. The van der Waals surface area contributed by atoms with Crippen molar-refractivity contribution in [2.45, 2.75) is 71.5 Å². The number of rotatable bonds is 11. The van der Waals surface area contributed by atoms with E-state index in [1.54, 1.807) is 19.9 Å². The number of imide groups is 1. The highest BCUT2D eigenvalue weighted by Crippen LogP contribution is 2.25. The second-order valence-corrected chi connectivity index (χ2v) is 11.1. The number of amides is 2. The summed E-state index contributed by atoms with van der Waals surface area (Å²) in [6.45, 7) is 7.90. The molecule has 1 aromatic rings. The van der Waals surface area contributed by atoms with Crippen molar-refractivity contribution >= 4 is 21.7 Å². The summed E-state index contributed by atoms with van der Waals surface area (Å²) in [6, 6.07) is 5.59. The zero-order chi connectivity index (χ0) is 20.9. The quantitative estimate of drug-likeness (QED) is 0.406. The van der Waals surface area contributed by atoms with Crippen LogP contribution >= 0.6 is 0 Å². The molecule has 1 aliphatic heterocycles. The van der Waals surface area contributed by atoms with Crippen molar-refractivity contribution in [3.8, 4) is 0 Å². The second kappa shape index (κ2) is 9.68. The average Bonchev–Trinajstić information content (AvgIpc) is 2.85. The normalized spacial score (nSPS) is 14.4. The molecule has 0 atom stereocenters. The minimum Gasteiger partial charge on any atom is -0.274 e. The number of benzene rings is 1. The van der Waals surface area contributed by atoms with Crippen molar-refractivity contribution in [1.82, 2.24) is 4.90 Å². The van der Waals surface area contributed by atoms with E-state index in [4.69, 9.17) is 0 Å². The standard InChI is InChI=1S/C22H33NO4S/c1-16(2)15-23-21(24)19-12-11-18(14-20(19)22(23)25)10-8-6-5-7-9-13-28(26,27)17(3)4/h11-12,14,16-17H,5-10,13,15H2,1-4H3. The first kappa shape index (κ1) is 22.6. The van der Waals surface area contributed by atoms with Crippen molar-refractivity contribution in [2.75, 3.05) is 12.3 Å². The number of fused-ring (bicyclic) bond motifs is 1. The molecule has 2 rings (SSSR count). The van der Waals surface area contributed by atoms with Crippen LogP contribution in [-0.4, -0.2) is 42.7 Å². The fraction of sp³-hybridized carbons (Fsp3) is 0.636. The van der Waals surface area contributed by atoms with Gasteiger partial charge in [0.15, 0.2) is 9.84 Å². The number of nitrogens with zero attached hydrogens (tertiary/aromatic N) is 1. The van der Waals surface area contributed by atoms with Crippen LogP contribution in [0.3, 0.4) is 0 Å². The van der Waals surface area contributed by atoms with Gasteiger partial charge in [-0.25, -0.2) is 8.42 Å². The van der Waals surface area contributed by atoms with Gasteiger partial charge >= 0.3 is 0 Å². The summed E-state index contributed by atoms with van der Waals surface area (Å²) in [5, 5.41) is -0.293. The van der Waals surface area contributed by atoms with Gasteiger partial charge in [-0.3, -0.25) is 14.5 Å². The smallest absolute Gasteiger partial charge is 0.261 e. The van der Waals surface area contributed by atoms with Crippen molar-refractivity contribution in [2.24, 2.45) is 5.92 Å². The molecule has 0 saturated heterocycles. The molecule has 1 aliphatic rings. The maximum atomic E-state index is 12.5. The summed E-state index contributed by atoms with van der Waals surface area (Å²) in [6.07, 6.45) is 5.55. The number of aryl methyl sites for hydroxylation is 1. The van der Waals surface area contributed by atoms with E-state index >= 15 is 0 Å². The molecule has 0 aliphatic carbocycles. The van der Waals surface area contributed by atoms with Crippen molar-refractivity contribution in [3.05, 3.63) is 34.9 Å². The van der Waals surface area contributed by atoms with Gasteiger partial charge in [-0.1, -0.05) is 39.2 Å². The summed E-state index contributed by atoms with van der Waals surface area (Å²) >= 11 is 0. The molecule has 156 valence electrons. The Morgan fingerprint density at radius 2 is 1.46 bits per heavy atom. The summed E-state index contributed by atoms with van der Waals surface area (Å²) in [4.78, 5) is 26.3. The lowest BCUT2D eigenvalue weighted by Crippen LogP contribution is -2.33. The highest BCUT2D eigenvalue weighted by Gasteiger charge is 2.35. The molecule has 1 aromatic carbocycles. The molecule has 0 bridgehead atoms. The Bertz CT molecular complexity index is 812. The van der Waals surface area contributed by atoms with Crippen LogP contribution in [-0.2, 0) is 16.3 Å². The van der Waals surface area contributed by atoms with Crippen LogP contribution in [0.2, 0.25) is 0 Å². The van der Waals surface area contributed by atoms with Gasteiger partial charge in [0.2, 0.25) is 0 Å². The topological polar surface area (TPSA) is 71.5 Å². The molecule has 0 unspecified atom stereocenters. The van der Waals surface area contributed by atoms with Crippen molar-refractivity contribution in [1.29, 1.82) is 0 Å². The first-order valence-electron chi connectivity index (χ1n) is 10.3. The monoisotopic (exact) mass is 407 g/mol. The molecule has 28 heavy (non-hydrogen) atoms. The first-order chi connectivity index (χ1) is 13.1. The number of sulfone groups is 1. The van der Waals surface area contributed by atoms with E-state index < -0.39 is 9.84 Å². The summed E-state index contributed by atoms with van der Waals surface area (Å²) in [5.74, 6) is 0.161. The molecule has 0 spiro atoms. The molecular formula is C22H33NO4S. The van der Waals surface area contributed by atoms with Crippen LogP contribution in [0.25, 0.3) is 0 Å². The van der Waals surface area contributed by atoms with Crippen LogP contribution in [0.15, 0.2) is 18.2 Å². The molecule has 0 fully saturated rings. The Hall–Kier alpha value is -1.69. The highest BCUT2D eigenvalue weighted by atomic mass is 32.2. The largest absolute Gasteiger partial charge is 0.274 e. The van der Waals surface area contributed by atoms with Crippen LogP contribution in [0.4, 0.5) is 0 Å². The molecule has 6 heteroatoms. The minimum absolute atomic E-state index is 0.179. The lowest BCUT2D eigenvalue weighted by atomic mass is 10.0. The molecule has 0 aromatic heterocycles. The summed E-state index contributed by atoms with van der Waals surface area (Å²) < 4.78 is 23.5. The maximum absolute atomic E-state index is 12.5. The second-order valence-electron chi connectivity index (χ2n) is 8.43. The van der Waals surface area contributed by atoms with Gasteiger partial charge in [-0.05, 0) is 56.7 Å². The van der Waals surface area contributed by atoms with Crippen LogP contribution in [0.5, 0.6) is 0 Å². The van der Waals surface area contributed by atoms with E-state index in [1.165, 1.54) is 4.90 Å². The van der Waals surface area contributed by atoms with E-state index in [2.05, 4.69) is 0 Å². The van der Waals surface area contributed by atoms with E-state index in [0.717, 1.165) is 44.1 Å². The van der Waals surface area contributed by atoms with Crippen LogP contribution in [0.1, 0.15) is 86.1 Å². The third-order valence-electron chi connectivity index (χ3n) is 5.20. The Labute approximate surface area is 169 Å². The van der Waals surface area contributed by atoms with Crippen molar-refractivity contribution in [3.63, 3.8) is 0 Å². The van der Waals surface area contributed by atoms with Crippen LogP contribution < -0.4 is 0 Å². The number of hydrogen-bond donors (Lipinski definition) is 0. The van der Waals surface area contributed by atoms with Gasteiger partial charge in [0.05, 0.1) is 22.1 Å². The van der Waals surface area contributed by atoms with E-state index in [0.29, 0.717) is 17.7 Å². The number of unbranched alkanes of at least 4 members (excludes halogenated alkanes) is 4. The molecule has 1 heterocycles. The van der Waals surface area contributed by atoms with E-state index in [1.807, 2.05) is 26.0 Å². The fourth-order valence-electron chi connectivity index (χ4n) is 3.42. The molecule has 5 nitrogen and oxygen atoms in total. The number of carbonyl (C=O) groups excluding carboxylic acids is 2. The summed E-state index contributed by atoms with van der Waals surface area (Å²) in [7, 11) is -2.93. The maximum Gasteiger partial charge on any atom is 0.261 e. The van der Waals surface area contributed by atoms with Crippen molar-refractivity contribution < 1.29 is 18.0 Å². The Morgan fingerprint density at radius 1 is 0.857 bits per heavy atom. The van der Waals surface area contributed by atoms with Gasteiger partial charge in [0.25, 0.3) is 11.8 Å². The fourth-order valence-corrected chi connectivity index (χ4v) is 4.50. The highest BCUT2D eigenvalue weighted by molar-refractivity contribution is 7.91. The Balaban J connectivity index is 1.78. The number of hydrogen-bond acceptors (Lipinski definition) is 4. The molecule has 0 radical (unpaired) electrons. The number of carbonyl (C=O) groups is 2. The third-order valence-corrected chi connectivity index (χ3v) is 7.49. The molecule has 0 N–H and O–H groups in total. The minimum atomic E-state index is -2.93. The molecule has 0 saturated carbocycles. The predicted molar refractivity (Wildman–Crippen MR) is 112 cm³/mol. The van der Waals surface area contributed by atoms with Crippen LogP contribution in [0, 0.1) is 5.92 Å². The SMILES string of the molecule is CC(C)CN1C(=O)c2ccc(CCCCCCCS(=O)(=O)C(C)C)cc2C1=O. The lowest BCUT2D eigenvalue weighted by Gasteiger charge is -2.15. The third kappa shape index (κ3) is 5.66. The zero-order valence-corrected chi connectivity index (χ0v) is 18.3. The van der Waals surface area contributed by atoms with Gasteiger partial charge in [-0.15, -0.1) is 0 Å².